The summed E-state index contributed by atoms with van der Waals surface area (Å²) < 4.78 is 10.8. The lowest BCUT2D eigenvalue weighted by Gasteiger charge is -2.27. The Balaban J connectivity index is 2.80. The molecule has 0 saturated heterocycles. The van der Waals surface area contributed by atoms with Crippen molar-refractivity contribution in [1.29, 1.82) is 0 Å². The minimum absolute atomic E-state index is 0.153. The largest absolute Gasteiger partial charge is 0.481 e. The minimum atomic E-state index is -0.816. The van der Waals surface area contributed by atoms with Gasteiger partial charge in [-0.1, -0.05) is 13.8 Å². The van der Waals surface area contributed by atoms with E-state index in [0.29, 0.717) is 24.6 Å². The molecule has 1 aromatic heterocycles. The number of pyridine rings is 1. The molecule has 1 N–H and O–H groups in total. The van der Waals surface area contributed by atoms with Gasteiger partial charge in [0, 0.05) is 12.2 Å². The molecule has 112 valence electrons. The molecule has 0 aromatic carbocycles. The Morgan fingerprint density at radius 1 is 1.45 bits per heavy atom. The van der Waals surface area contributed by atoms with Crippen LogP contribution < -0.4 is 10.1 Å². The zero-order valence-electron chi connectivity index (χ0n) is 12.9. The SMILES string of the molecule is CCCOC(C)(CC)C(=O)Nc1cnc(OC)c(C)c1. The number of aryl methyl sites for hydroxylation is 1. The summed E-state index contributed by atoms with van der Waals surface area (Å²) >= 11 is 0. The molecule has 20 heavy (non-hydrogen) atoms. The molecule has 0 radical (unpaired) electrons. The predicted molar refractivity (Wildman–Crippen MR) is 79.1 cm³/mol. The average Bonchev–Trinajstić information content (AvgIpc) is 2.44. The van der Waals surface area contributed by atoms with Crippen molar-refractivity contribution in [2.45, 2.75) is 46.1 Å². The molecule has 5 nitrogen and oxygen atoms in total. The summed E-state index contributed by atoms with van der Waals surface area (Å²) in [5, 5.41) is 2.85. The number of carbonyl (C=O) groups is 1. The van der Waals surface area contributed by atoms with Crippen LogP contribution in [0.3, 0.4) is 0 Å². The molecule has 1 aromatic rings. The maximum Gasteiger partial charge on any atom is 0.256 e. The summed E-state index contributed by atoms with van der Waals surface area (Å²) in [6.07, 6.45) is 3.08. The molecule has 0 aliphatic rings. The van der Waals surface area contributed by atoms with E-state index in [1.54, 1.807) is 13.3 Å². The van der Waals surface area contributed by atoms with Crippen molar-refractivity contribution in [2.24, 2.45) is 0 Å². The third kappa shape index (κ3) is 3.93. The van der Waals surface area contributed by atoms with Crippen LogP contribution in [0.2, 0.25) is 0 Å². The van der Waals surface area contributed by atoms with E-state index in [-0.39, 0.29) is 5.91 Å². The highest BCUT2D eigenvalue weighted by Gasteiger charge is 2.32. The molecule has 0 fully saturated rings. The van der Waals surface area contributed by atoms with E-state index in [9.17, 15) is 4.79 Å². The smallest absolute Gasteiger partial charge is 0.256 e. The normalized spacial score (nSPS) is 13.7. The van der Waals surface area contributed by atoms with Crippen LogP contribution in [0.15, 0.2) is 12.3 Å². The first-order valence-corrected chi connectivity index (χ1v) is 6.92. The van der Waals surface area contributed by atoms with Crippen LogP contribution in [0.1, 0.15) is 39.2 Å². The van der Waals surface area contributed by atoms with Gasteiger partial charge in [-0.25, -0.2) is 4.98 Å². The van der Waals surface area contributed by atoms with Crippen LogP contribution in [0.5, 0.6) is 5.88 Å². The third-order valence-electron chi connectivity index (χ3n) is 3.26. The van der Waals surface area contributed by atoms with Gasteiger partial charge in [0.15, 0.2) is 0 Å². The Bertz CT molecular complexity index is 462. The quantitative estimate of drug-likeness (QED) is 0.834. The summed E-state index contributed by atoms with van der Waals surface area (Å²) in [7, 11) is 1.57. The number of amides is 1. The highest BCUT2D eigenvalue weighted by atomic mass is 16.5. The molecular weight excluding hydrogens is 256 g/mol. The van der Waals surface area contributed by atoms with E-state index >= 15 is 0 Å². The summed E-state index contributed by atoms with van der Waals surface area (Å²) in [6.45, 7) is 8.21. The van der Waals surface area contributed by atoms with E-state index in [2.05, 4.69) is 10.3 Å². The monoisotopic (exact) mass is 280 g/mol. The van der Waals surface area contributed by atoms with Gasteiger partial charge in [0.25, 0.3) is 5.91 Å². The number of rotatable bonds is 7. The standard InChI is InChI=1S/C15H24N2O3/c1-6-8-20-15(4,7-2)14(18)17-12-9-11(3)13(19-5)16-10-12/h9-10H,6-8H2,1-5H3,(H,17,18). The highest BCUT2D eigenvalue weighted by molar-refractivity contribution is 5.97. The van der Waals surface area contributed by atoms with Gasteiger partial charge >= 0.3 is 0 Å². The van der Waals surface area contributed by atoms with Gasteiger partial charge in [-0.05, 0) is 32.8 Å². The van der Waals surface area contributed by atoms with Crippen molar-refractivity contribution in [2.75, 3.05) is 19.0 Å². The molecule has 1 unspecified atom stereocenters. The fraction of sp³-hybridized carbons (Fsp3) is 0.600. The van der Waals surface area contributed by atoms with E-state index < -0.39 is 5.60 Å². The number of carbonyl (C=O) groups excluding carboxylic acids is 1. The minimum Gasteiger partial charge on any atom is -0.481 e. The molecule has 1 heterocycles. The highest BCUT2D eigenvalue weighted by Crippen LogP contribution is 2.21. The van der Waals surface area contributed by atoms with Crippen LogP contribution in [0.25, 0.3) is 0 Å². The zero-order chi connectivity index (χ0) is 15.2. The van der Waals surface area contributed by atoms with Crippen LogP contribution in [0, 0.1) is 6.92 Å². The van der Waals surface area contributed by atoms with E-state index in [4.69, 9.17) is 9.47 Å². The summed E-state index contributed by atoms with van der Waals surface area (Å²) in [6, 6.07) is 1.83. The molecule has 0 saturated carbocycles. The lowest BCUT2D eigenvalue weighted by molar-refractivity contribution is -0.139. The molecule has 5 heteroatoms. The van der Waals surface area contributed by atoms with Gasteiger partial charge in [-0.2, -0.15) is 0 Å². The molecule has 0 spiro atoms. The first kappa shape index (κ1) is 16.4. The van der Waals surface area contributed by atoms with Gasteiger partial charge in [-0.15, -0.1) is 0 Å². The van der Waals surface area contributed by atoms with Gasteiger partial charge in [-0.3, -0.25) is 4.79 Å². The maximum atomic E-state index is 12.3. The molecule has 1 atom stereocenters. The number of methoxy groups -OCH3 is 1. The number of ether oxygens (including phenoxy) is 2. The Hall–Kier alpha value is -1.62. The summed E-state index contributed by atoms with van der Waals surface area (Å²) in [5.74, 6) is 0.406. The van der Waals surface area contributed by atoms with Gasteiger partial charge in [0.1, 0.15) is 5.60 Å². The van der Waals surface area contributed by atoms with E-state index in [0.717, 1.165) is 12.0 Å². The molecular formula is C15H24N2O3. The van der Waals surface area contributed by atoms with Gasteiger partial charge in [0.2, 0.25) is 5.88 Å². The summed E-state index contributed by atoms with van der Waals surface area (Å²) in [5.41, 5.74) is 0.704. The number of nitrogens with zero attached hydrogens (tertiary/aromatic N) is 1. The van der Waals surface area contributed by atoms with Crippen molar-refractivity contribution in [3.8, 4) is 5.88 Å². The molecule has 0 aliphatic carbocycles. The number of hydrogen-bond donors (Lipinski definition) is 1. The number of nitrogens with one attached hydrogen (secondary N) is 1. The Morgan fingerprint density at radius 2 is 2.15 bits per heavy atom. The van der Waals surface area contributed by atoms with Crippen molar-refractivity contribution in [1.82, 2.24) is 4.98 Å². The van der Waals surface area contributed by atoms with Crippen LogP contribution in [0.4, 0.5) is 5.69 Å². The molecule has 0 bridgehead atoms. The maximum absolute atomic E-state index is 12.3. The van der Waals surface area contributed by atoms with Gasteiger partial charge in [0.05, 0.1) is 19.0 Å². The fourth-order valence-electron chi connectivity index (χ4n) is 1.76. The number of aromatic nitrogens is 1. The second kappa shape index (κ2) is 7.24. The Morgan fingerprint density at radius 3 is 2.65 bits per heavy atom. The number of hydrogen-bond acceptors (Lipinski definition) is 4. The molecule has 1 amide bonds. The second-order valence-corrected chi connectivity index (χ2v) is 4.94. The Labute approximate surface area is 120 Å². The topological polar surface area (TPSA) is 60.5 Å². The number of anilines is 1. The van der Waals surface area contributed by atoms with E-state index in [1.165, 1.54) is 0 Å². The van der Waals surface area contributed by atoms with Crippen LogP contribution in [-0.2, 0) is 9.53 Å². The van der Waals surface area contributed by atoms with E-state index in [1.807, 2.05) is 33.8 Å². The first-order chi connectivity index (χ1) is 9.46. The average molecular weight is 280 g/mol. The lowest BCUT2D eigenvalue weighted by Crippen LogP contribution is -2.42. The lowest BCUT2D eigenvalue weighted by atomic mass is 10.0. The van der Waals surface area contributed by atoms with Gasteiger partial charge < -0.3 is 14.8 Å². The Kier molecular flexibility index (Phi) is 5.95. The third-order valence-corrected chi connectivity index (χ3v) is 3.26. The van der Waals surface area contributed by atoms with Crippen molar-refractivity contribution >= 4 is 11.6 Å². The second-order valence-electron chi connectivity index (χ2n) is 4.94. The van der Waals surface area contributed by atoms with Crippen molar-refractivity contribution in [3.05, 3.63) is 17.8 Å². The fourth-order valence-corrected chi connectivity index (χ4v) is 1.76. The molecule has 0 aliphatic heterocycles. The predicted octanol–water partition coefficient (Wildman–Crippen LogP) is 2.93. The van der Waals surface area contributed by atoms with Crippen molar-refractivity contribution in [3.63, 3.8) is 0 Å². The zero-order valence-corrected chi connectivity index (χ0v) is 12.9. The first-order valence-electron chi connectivity index (χ1n) is 6.92. The molecule has 1 rings (SSSR count). The van der Waals surface area contributed by atoms with Crippen molar-refractivity contribution < 1.29 is 14.3 Å². The van der Waals surface area contributed by atoms with Crippen LogP contribution in [-0.4, -0.2) is 30.2 Å². The summed E-state index contributed by atoms with van der Waals surface area (Å²) in [4.78, 5) is 16.5. The van der Waals surface area contributed by atoms with Crippen LogP contribution >= 0.6 is 0 Å².